The first-order valence-corrected chi connectivity index (χ1v) is 16.3. The molecule has 0 unspecified atom stereocenters. The van der Waals surface area contributed by atoms with Gasteiger partial charge in [0.2, 0.25) is 0 Å². The van der Waals surface area contributed by atoms with Crippen LogP contribution >= 0.6 is 11.6 Å². The van der Waals surface area contributed by atoms with Crippen molar-refractivity contribution in [1.29, 1.82) is 0 Å². The molecule has 224 valence electrons. The maximum atomic E-state index is 11.1. The fraction of sp³-hybridized carbons (Fsp3) is 0.378. The second kappa shape index (κ2) is 9.96. The Labute approximate surface area is 262 Å². The highest BCUT2D eigenvalue weighted by molar-refractivity contribution is 6.30. The summed E-state index contributed by atoms with van der Waals surface area (Å²) < 4.78 is 20.3. The molecule has 4 atom stereocenters. The van der Waals surface area contributed by atoms with Crippen LogP contribution in [-0.2, 0) is 23.0 Å². The van der Waals surface area contributed by atoms with Crippen molar-refractivity contribution in [2.75, 3.05) is 26.3 Å². The van der Waals surface area contributed by atoms with Gasteiger partial charge in [0.05, 0.1) is 17.7 Å². The minimum atomic E-state index is -0.565. The lowest BCUT2D eigenvalue weighted by Gasteiger charge is -2.64. The molecular formula is C37H35ClN2O4. The van der Waals surface area contributed by atoms with Gasteiger partial charge in [-0.3, -0.25) is 9.88 Å². The second-order valence-corrected chi connectivity index (χ2v) is 13.6. The average Bonchev–Trinajstić information content (AvgIpc) is 3.79. The molecule has 1 aromatic heterocycles. The van der Waals surface area contributed by atoms with E-state index in [9.17, 15) is 5.11 Å². The van der Waals surface area contributed by atoms with Gasteiger partial charge in [0.15, 0.2) is 17.6 Å². The Bertz CT molecular complexity index is 1740. The minimum absolute atomic E-state index is 0.176. The van der Waals surface area contributed by atoms with E-state index in [2.05, 4.69) is 17.0 Å². The molecule has 3 aliphatic carbocycles. The van der Waals surface area contributed by atoms with E-state index >= 15 is 0 Å². The van der Waals surface area contributed by atoms with E-state index in [0.717, 1.165) is 72.0 Å². The molecule has 4 aromatic rings. The first-order valence-electron chi connectivity index (χ1n) is 15.9. The van der Waals surface area contributed by atoms with Gasteiger partial charge in [-0.15, -0.1) is 0 Å². The van der Waals surface area contributed by atoms with E-state index in [1.807, 2.05) is 66.9 Å². The molecule has 0 amide bonds. The third kappa shape index (κ3) is 3.90. The maximum absolute atomic E-state index is 11.1. The summed E-state index contributed by atoms with van der Waals surface area (Å²) in [4.78, 5) is 7.83. The van der Waals surface area contributed by atoms with Crippen molar-refractivity contribution in [3.63, 3.8) is 0 Å². The number of fused-ring (bicyclic) bond motifs is 2. The van der Waals surface area contributed by atoms with E-state index < -0.39 is 11.0 Å². The molecule has 6 nitrogen and oxygen atoms in total. The Morgan fingerprint density at radius 3 is 2.64 bits per heavy atom. The van der Waals surface area contributed by atoms with Crippen LogP contribution in [0.3, 0.4) is 0 Å². The van der Waals surface area contributed by atoms with Gasteiger partial charge < -0.3 is 19.3 Å². The maximum Gasteiger partial charge on any atom is 0.166 e. The molecule has 3 aromatic carbocycles. The summed E-state index contributed by atoms with van der Waals surface area (Å²) in [7, 11) is 0. The zero-order valence-electron chi connectivity index (χ0n) is 24.5. The Balaban J connectivity index is 1.18. The molecule has 0 radical (unpaired) electrons. The number of hydrogen-bond acceptors (Lipinski definition) is 6. The molecule has 1 spiro atoms. The van der Waals surface area contributed by atoms with Crippen molar-refractivity contribution >= 4 is 11.6 Å². The summed E-state index contributed by atoms with van der Waals surface area (Å²) in [5.41, 5.74) is 5.63. The van der Waals surface area contributed by atoms with Crippen LogP contribution in [-0.4, -0.2) is 52.9 Å². The predicted octanol–water partition coefficient (Wildman–Crippen LogP) is 6.91. The van der Waals surface area contributed by atoms with Gasteiger partial charge in [-0.25, -0.2) is 0 Å². The third-order valence-electron chi connectivity index (χ3n) is 10.8. The van der Waals surface area contributed by atoms with Crippen molar-refractivity contribution in [2.24, 2.45) is 5.92 Å². The van der Waals surface area contributed by atoms with Crippen LogP contribution in [0.1, 0.15) is 47.8 Å². The number of aromatic nitrogens is 1. The molecule has 5 aliphatic rings. The molecule has 3 heterocycles. The van der Waals surface area contributed by atoms with Gasteiger partial charge in [-0.05, 0) is 91.2 Å². The van der Waals surface area contributed by atoms with Gasteiger partial charge in [0, 0.05) is 41.4 Å². The van der Waals surface area contributed by atoms with Crippen molar-refractivity contribution in [1.82, 2.24) is 9.88 Å². The summed E-state index contributed by atoms with van der Waals surface area (Å²) in [6.07, 6.45) is 6.72. The quantitative estimate of drug-likeness (QED) is 0.220. The van der Waals surface area contributed by atoms with Crippen LogP contribution < -0.4 is 9.47 Å². The lowest BCUT2D eigenvalue weighted by Crippen LogP contribution is -2.75. The first kappa shape index (κ1) is 26.8. The first-order chi connectivity index (χ1) is 21.6. The van der Waals surface area contributed by atoms with Gasteiger partial charge in [-0.2, -0.15) is 0 Å². The second-order valence-electron chi connectivity index (χ2n) is 13.2. The summed E-state index contributed by atoms with van der Waals surface area (Å²) in [6.45, 7) is 3.01. The molecule has 2 fully saturated rings. The van der Waals surface area contributed by atoms with E-state index in [1.165, 1.54) is 18.4 Å². The fourth-order valence-electron chi connectivity index (χ4n) is 8.79. The zero-order chi connectivity index (χ0) is 29.5. The number of rotatable bonds is 8. The van der Waals surface area contributed by atoms with E-state index in [-0.39, 0.29) is 17.9 Å². The van der Waals surface area contributed by atoms with Crippen LogP contribution in [0.25, 0.3) is 11.1 Å². The smallest absolute Gasteiger partial charge is 0.166 e. The molecule has 2 bridgehead atoms. The van der Waals surface area contributed by atoms with E-state index in [0.29, 0.717) is 24.0 Å². The SMILES string of the molecule is Oc1ccc2c3c1O[C@H]1c4ncc(-c5ccc(Cl)cc5)cc4C[C@@]4(OCCOc5ccccc5)[C@@H](C2)N(CC2CC2)CC[C@]314. The summed E-state index contributed by atoms with van der Waals surface area (Å²) >= 11 is 6.22. The molecule has 2 aliphatic heterocycles. The predicted molar refractivity (Wildman–Crippen MR) is 169 cm³/mol. The molecular weight excluding hydrogens is 572 g/mol. The number of ether oxygens (including phenoxy) is 3. The summed E-state index contributed by atoms with van der Waals surface area (Å²) in [6, 6.07) is 24.2. The van der Waals surface area contributed by atoms with Gasteiger partial charge in [0.25, 0.3) is 0 Å². The van der Waals surface area contributed by atoms with E-state index in [1.54, 1.807) is 0 Å². The monoisotopic (exact) mass is 606 g/mol. The number of phenolic OH excluding ortho intramolecular Hbond substituents is 1. The highest BCUT2D eigenvalue weighted by atomic mass is 35.5. The number of halogens is 1. The standard InChI is InChI=1S/C37H35ClN2O4/c38-28-11-8-24(9-12-28)27-18-26-20-37(43-17-16-42-29-4-2-1-3-5-29)31-19-25-10-13-30(41)34-32(25)36(37,35(44-34)33(26)39-21-27)14-15-40(31)22-23-6-7-23/h1-5,8-13,18,21,23,31,35,41H,6-7,14-17,19-20,22H2/t31-,35+,36+,37-/m1/s1. The van der Waals surface area contributed by atoms with Crippen molar-refractivity contribution in [3.8, 4) is 28.4 Å². The van der Waals surface area contributed by atoms with Gasteiger partial charge in [0.1, 0.15) is 18.0 Å². The fourth-order valence-corrected chi connectivity index (χ4v) is 8.91. The number of benzene rings is 3. The normalized spacial score (nSPS) is 27.8. The van der Waals surface area contributed by atoms with Crippen LogP contribution in [0.2, 0.25) is 5.02 Å². The van der Waals surface area contributed by atoms with Crippen LogP contribution in [0, 0.1) is 5.92 Å². The third-order valence-corrected chi connectivity index (χ3v) is 11.1. The molecule has 7 heteroatoms. The Hall–Kier alpha value is -3.58. The van der Waals surface area contributed by atoms with Gasteiger partial charge in [-0.1, -0.05) is 48.0 Å². The summed E-state index contributed by atoms with van der Waals surface area (Å²) in [5, 5.41) is 11.9. The summed E-state index contributed by atoms with van der Waals surface area (Å²) in [5.74, 6) is 2.43. The largest absolute Gasteiger partial charge is 0.504 e. The Kier molecular flexibility index (Phi) is 6.07. The van der Waals surface area contributed by atoms with Crippen LogP contribution in [0.4, 0.5) is 0 Å². The Morgan fingerprint density at radius 2 is 1.82 bits per heavy atom. The molecule has 1 saturated heterocycles. The number of aromatic hydroxyl groups is 1. The van der Waals surface area contributed by atoms with Crippen molar-refractivity contribution < 1.29 is 19.3 Å². The van der Waals surface area contributed by atoms with Crippen LogP contribution in [0.5, 0.6) is 17.2 Å². The highest BCUT2D eigenvalue weighted by Crippen LogP contribution is 2.69. The zero-order valence-corrected chi connectivity index (χ0v) is 25.3. The number of para-hydroxylation sites is 1. The molecule has 9 rings (SSSR count). The van der Waals surface area contributed by atoms with E-state index in [4.69, 9.17) is 30.8 Å². The topological polar surface area (TPSA) is 64.0 Å². The number of nitrogens with zero attached hydrogens (tertiary/aromatic N) is 2. The molecule has 1 saturated carbocycles. The highest BCUT2D eigenvalue weighted by Gasteiger charge is 2.74. The number of phenols is 1. The number of hydrogen-bond donors (Lipinski definition) is 1. The lowest BCUT2D eigenvalue weighted by atomic mass is 9.48. The van der Waals surface area contributed by atoms with Gasteiger partial charge >= 0.3 is 0 Å². The number of likely N-dealkylation sites (tertiary alicyclic amines) is 1. The van der Waals surface area contributed by atoms with Crippen molar-refractivity contribution in [3.05, 3.63) is 106 Å². The number of pyridine rings is 1. The average molecular weight is 607 g/mol. The minimum Gasteiger partial charge on any atom is -0.504 e. The van der Waals surface area contributed by atoms with Crippen molar-refractivity contribution in [2.45, 2.75) is 55.3 Å². The Morgan fingerprint density at radius 1 is 0.977 bits per heavy atom. The lowest BCUT2D eigenvalue weighted by molar-refractivity contribution is -0.207. The number of piperidine rings is 1. The molecule has 44 heavy (non-hydrogen) atoms. The molecule has 1 N–H and O–H groups in total. The van der Waals surface area contributed by atoms with Crippen LogP contribution in [0.15, 0.2) is 79.0 Å².